The predicted octanol–water partition coefficient (Wildman–Crippen LogP) is 2.33. The van der Waals surface area contributed by atoms with E-state index < -0.39 is 0 Å². The van der Waals surface area contributed by atoms with Crippen LogP contribution < -0.4 is 5.32 Å². The number of aliphatic hydroxyl groups is 1. The lowest BCUT2D eigenvalue weighted by atomic mass is 9.96. The second-order valence-corrected chi connectivity index (χ2v) is 4.80. The topological polar surface area (TPSA) is 41.5 Å². The van der Waals surface area contributed by atoms with Crippen LogP contribution in [0.3, 0.4) is 0 Å². The fraction of sp³-hybridized carbons (Fsp3) is 1.00. The van der Waals surface area contributed by atoms with Crippen LogP contribution in [0.2, 0.25) is 0 Å². The van der Waals surface area contributed by atoms with Crippen LogP contribution in [0.1, 0.15) is 53.4 Å². The second-order valence-electron chi connectivity index (χ2n) is 4.80. The molecule has 0 saturated carbocycles. The minimum atomic E-state index is -0.120. The Morgan fingerprint density at radius 2 is 2.00 bits per heavy atom. The van der Waals surface area contributed by atoms with Crippen molar-refractivity contribution in [1.29, 1.82) is 0 Å². The van der Waals surface area contributed by atoms with Gasteiger partial charge in [0.05, 0.1) is 12.7 Å². The molecule has 98 valence electrons. The number of likely N-dealkylation sites (N-methyl/N-ethyl adjacent to an activating group) is 1. The maximum atomic E-state index is 9.31. The Morgan fingerprint density at radius 3 is 2.50 bits per heavy atom. The molecule has 0 rings (SSSR count). The number of rotatable bonds is 10. The third kappa shape index (κ3) is 7.20. The first-order valence-electron chi connectivity index (χ1n) is 6.55. The molecular weight excluding hydrogens is 202 g/mol. The molecule has 0 fully saturated rings. The standard InChI is InChI=1S/C13H29NO2/c1-5-12(3)16-10-8-7-9-13(4,11-15)14-6-2/h12,14-15H,5-11H2,1-4H3. The van der Waals surface area contributed by atoms with Crippen LogP contribution in [0.4, 0.5) is 0 Å². The Balaban J connectivity index is 3.55. The van der Waals surface area contributed by atoms with E-state index in [-0.39, 0.29) is 12.1 Å². The van der Waals surface area contributed by atoms with Gasteiger partial charge in [-0.1, -0.05) is 13.8 Å². The molecule has 0 aromatic rings. The highest BCUT2D eigenvalue weighted by Crippen LogP contribution is 2.13. The third-order valence-electron chi connectivity index (χ3n) is 3.05. The van der Waals surface area contributed by atoms with E-state index in [0.29, 0.717) is 6.10 Å². The van der Waals surface area contributed by atoms with Crippen LogP contribution in [0.25, 0.3) is 0 Å². The molecule has 2 N–H and O–H groups in total. The van der Waals surface area contributed by atoms with E-state index in [0.717, 1.165) is 38.8 Å². The largest absolute Gasteiger partial charge is 0.394 e. The number of nitrogens with one attached hydrogen (secondary N) is 1. The Bertz CT molecular complexity index is 164. The van der Waals surface area contributed by atoms with E-state index in [9.17, 15) is 5.11 Å². The number of ether oxygens (including phenoxy) is 1. The molecule has 0 aliphatic heterocycles. The summed E-state index contributed by atoms with van der Waals surface area (Å²) in [5.74, 6) is 0. The first-order chi connectivity index (χ1) is 7.58. The summed E-state index contributed by atoms with van der Waals surface area (Å²) in [6.07, 6.45) is 4.62. The second kappa shape index (κ2) is 8.97. The zero-order valence-electron chi connectivity index (χ0n) is 11.4. The monoisotopic (exact) mass is 231 g/mol. The van der Waals surface area contributed by atoms with Crippen LogP contribution in [-0.2, 0) is 4.74 Å². The number of hydrogen-bond acceptors (Lipinski definition) is 3. The smallest absolute Gasteiger partial charge is 0.0610 e. The maximum absolute atomic E-state index is 9.31. The molecule has 0 aromatic carbocycles. The van der Waals surface area contributed by atoms with Crippen molar-refractivity contribution < 1.29 is 9.84 Å². The van der Waals surface area contributed by atoms with Gasteiger partial charge in [0, 0.05) is 12.1 Å². The van der Waals surface area contributed by atoms with Gasteiger partial charge in [-0.3, -0.25) is 0 Å². The lowest BCUT2D eigenvalue weighted by molar-refractivity contribution is 0.0587. The molecule has 3 nitrogen and oxygen atoms in total. The molecule has 0 aromatic heterocycles. The lowest BCUT2D eigenvalue weighted by Crippen LogP contribution is -2.45. The van der Waals surface area contributed by atoms with Crippen molar-refractivity contribution >= 4 is 0 Å². The SMILES string of the molecule is CCNC(C)(CO)CCCCOC(C)CC. The molecule has 0 radical (unpaired) electrons. The summed E-state index contributed by atoms with van der Waals surface area (Å²) in [6, 6.07) is 0. The highest BCUT2D eigenvalue weighted by molar-refractivity contribution is 4.81. The van der Waals surface area contributed by atoms with Crippen LogP contribution in [0.5, 0.6) is 0 Å². The van der Waals surface area contributed by atoms with Crippen molar-refractivity contribution in [3.8, 4) is 0 Å². The van der Waals surface area contributed by atoms with Crippen LogP contribution in [0, 0.1) is 0 Å². The summed E-state index contributed by atoms with van der Waals surface area (Å²) >= 11 is 0. The maximum Gasteiger partial charge on any atom is 0.0610 e. The summed E-state index contributed by atoms with van der Waals surface area (Å²) in [6.45, 7) is 10.3. The van der Waals surface area contributed by atoms with Crippen LogP contribution >= 0.6 is 0 Å². The summed E-state index contributed by atoms with van der Waals surface area (Å²) in [7, 11) is 0. The Morgan fingerprint density at radius 1 is 1.31 bits per heavy atom. The van der Waals surface area contributed by atoms with Crippen molar-refractivity contribution in [3.05, 3.63) is 0 Å². The van der Waals surface area contributed by atoms with E-state index >= 15 is 0 Å². The fourth-order valence-electron chi connectivity index (χ4n) is 1.67. The van der Waals surface area contributed by atoms with E-state index in [2.05, 4.69) is 33.0 Å². The zero-order chi connectivity index (χ0) is 12.4. The molecule has 0 heterocycles. The normalized spacial score (nSPS) is 17.1. The van der Waals surface area contributed by atoms with Gasteiger partial charge < -0.3 is 15.2 Å². The summed E-state index contributed by atoms with van der Waals surface area (Å²) < 4.78 is 5.62. The molecule has 0 aliphatic rings. The molecule has 0 saturated heterocycles. The molecule has 0 spiro atoms. The van der Waals surface area contributed by atoms with Gasteiger partial charge >= 0.3 is 0 Å². The Labute approximate surface area is 101 Å². The summed E-state index contributed by atoms with van der Waals surface area (Å²) in [5.41, 5.74) is -0.120. The van der Waals surface area contributed by atoms with Gasteiger partial charge in [0.2, 0.25) is 0 Å². The first kappa shape index (κ1) is 15.9. The minimum absolute atomic E-state index is 0.120. The quantitative estimate of drug-likeness (QED) is 0.567. The summed E-state index contributed by atoms with van der Waals surface area (Å²) in [4.78, 5) is 0. The van der Waals surface area contributed by atoms with Gasteiger partial charge in [-0.05, 0) is 46.1 Å². The predicted molar refractivity (Wildman–Crippen MR) is 68.7 cm³/mol. The van der Waals surface area contributed by atoms with Crippen molar-refractivity contribution in [3.63, 3.8) is 0 Å². The molecule has 0 aliphatic carbocycles. The highest BCUT2D eigenvalue weighted by Gasteiger charge is 2.20. The Hall–Kier alpha value is -0.120. The molecule has 2 unspecified atom stereocenters. The minimum Gasteiger partial charge on any atom is -0.394 e. The molecular formula is C13H29NO2. The van der Waals surface area contributed by atoms with Gasteiger partial charge in [0.25, 0.3) is 0 Å². The van der Waals surface area contributed by atoms with Gasteiger partial charge in [-0.2, -0.15) is 0 Å². The molecule has 3 heteroatoms. The van der Waals surface area contributed by atoms with E-state index in [1.165, 1.54) is 0 Å². The van der Waals surface area contributed by atoms with E-state index in [1.54, 1.807) is 0 Å². The number of aliphatic hydroxyl groups excluding tert-OH is 1. The summed E-state index contributed by atoms with van der Waals surface area (Å²) in [5, 5.41) is 12.6. The van der Waals surface area contributed by atoms with Gasteiger partial charge in [0.15, 0.2) is 0 Å². The van der Waals surface area contributed by atoms with E-state index in [1.807, 2.05) is 0 Å². The van der Waals surface area contributed by atoms with Gasteiger partial charge in [0.1, 0.15) is 0 Å². The van der Waals surface area contributed by atoms with Crippen molar-refractivity contribution in [1.82, 2.24) is 5.32 Å². The number of hydrogen-bond donors (Lipinski definition) is 2. The number of unbranched alkanes of at least 4 members (excludes halogenated alkanes) is 1. The van der Waals surface area contributed by atoms with Crippen molar-refractivity contribution in [2.24, 2.45) is 0 Å². The lowest BCUT2D eigenvalue weighted by Gasteiger charge is -2.28. The van der Waals surface area contributed by atoms with Gasteiger partial charge in [-0.15, -0.1) is 0 Å². The van der Waals surface area contributed by atoms with Crippen molar-refractivity contribution in [2.45, 2.75) is 65.0 Å². The molecule has 0 amide bonds. The fourth-order valence-corrected chi connectivity index (χ4v) is 1.67. The zero-order valence-corrected chi connectivity index (χ0v) is 11.4. The average Bonchev–Trinajstić information content (AvgIpc) is 2.28. The molecule has 0 bridgehead atoms. The Kier molecular flexibility index (Phi) is 8.90. The molecule has 16 heavy (non-hydrogen) atoms. The highest BCUT2D eigenvalue weighted by atomic mass is 16.5. The third-order valence-corrected chi connectivity index (χ3v) is 3.05. The molecule has 2 atom stereocenters. The van der Waals surface area contributed by atoms with Crippen LogP contribution in [0.15, 0.2) is 0 Å². The van der Waals surface area contributed by atoms with Gasteiger partial charge in [-0.25, -0.2) is 0 Å². The first-order valence-corrected chi connectivity index (χ1v) is 6.55. The average molecular weight is 231 g/mol. The van der Waals surface area contributed by atoms with Crippen LogP contribution in [-0.4, -0.2) is 36.5 Å². The van der Waals surface area contributed by atoms with Crippen molar-refractivity contribution in [2.75, 3.05) is 19.8 Å². The van der Waals surface area contributed by atoms with E-state index in [4.69, 9.17) is 4.74 Å².